The van der Waals surface area contributed by atoms with Crippen LogP contribution in [0.2, 0.25) is 0 Å². The van der Waals surface area contributed by atoms with Gasteiger partial charge in [0.05, 0.1) is 12.6 Å². The minimum atomic E-state index is -0.833. The number of urea groups is 1. The number of thioether (sulfide) groups is 1. The molecule has 9 nitrogen and oxygen atoms in total. The van der Waals surface area contributed by atoms with Gasteiger partial charge in [0.25, 0.3) is 5.97 Å². The number of hydrogen-bond acceptors (Lipinski definition) is 6. The van der Waals surface area contributed by atoms with Crippen molar-refractivity contribution in [3.8, 4) is 11.5 Å². The van der Waals surface area contributed by atoms with E-state index in [1.165, 1.54) is 17.7 Å². The van der Waals surface area contributed by atoms with E-state index in [9.17, 15) is 9.59 Å². The van der Waals surface area contributed by atoms with Crippen molar-refractivity contribution in [3.63, 3.8) is 0 Å². The fourth-order valence-corrected chi connectivity index (χ4v) is 4.40. The van der Waals surface area contributed by atoms with Gasteiger partial charge < -0.3 is 29.7 Å². The Labute approximate surface area is 225 Å². The molecule has 0 saturated carbocycles. The average Bonchev–Trinajstić information content (AvgIpc) is 3.63. The molecule has 208 valence electrons. The van der Waals surface area contributed by atoms with Gasteiger partial charge in [0.1, 0.15) is 6.54 Å². The predicted octanol–water partition coefficient (Wildman–Crippen LogP) is 5.27. The number of carboxylic acid groups (broad SMARTS) is 1. The number of carboxylic acids is 1. The van der Waals surface area contributed by atoms with E-state index in [1.54, 1.807) is 4.90 Å². The molecule has 0 aliphatic carbocycles. The van der Waals surface area contributed by atoms with Crippen LogP contribution < -0.4 is 14.8 Å². The van der Waals surface area contributed by atoms with E-state index < -0.39 is 5.97 Å². The molecule has 10 heteroatoms. The van der Waals surface area contributed by atoms with Crippen molar-refractivity contribution in [3.05, 3.63) is 34.7 Å². The number of unbranched alkanes of at least 4 members (excludes halogenated alkanes) is 1. The highest BCUT2D eigenvalue weighted by atomic mass is 32.2. The van der Waals surface area contributed by atoms with Crippen LogP contribution in [0.15, 0.2) is 29.2 Å². The summed E-state index contributed by atoms with van der Waals surface area (Å²) in [7, 11) is 0. The SMILES string of the molecule is CC.CC(=O)O.CC(NC(=O)CN1CCN(CC2=CCCS2)C1=O)c1ccc2c(c1)OCO2.CCCC. The van der Waals surface area contributed by atoms with Crippen LogP contribution in [0.4, 0.5) is 4.79 Å². The van der Waals surface area contributed by atoms with Crippen molar-refractivity contribution in [2.75, 3.05) is 38.7 Å². The number of aliphatic carboxylic acids is 1. The standard InChI is InChI=1S/C19H23N3O4S.C4H10.C2H4O2.C2H6/c1-13(14-4-5-16-17(9-14)26-12-25-16)20-18(23)11-22-7-6-21(19(22)24)10-15-3-2-8-27-15;1-3-4-2;1-2(3)4;1-2/h3-5,9,13H,2,6-8,10-12H2,1H3,(H,20,23);3-4H2,1-2H3;1H3,(H,3,4);1-2H3. The molecule has 2 N–H and O–H groups in total. The van der Waals surface area contributed by atoms with E-state index in [0.29, 0.717) is 25.4 Å². The maximum absolute atomic E-state index is 12.5. The minimum absolute atomic E-state index is 0.0608. The molecule has 0 radical (unpaired) electrons. The molecule has 0 aromatic heterocycles. The summed E-state index contributed by atoms with van der Waals surface area (Å²) in [5.74, 6) is 1.51. The lowest BCUT2D eigenvalue weighted by Gasteiger charge is -2.20. The van der Waals surface area contributed by atoms with Gasteiger partial charge in [-0.2, -0.15) is 0 Å². The van der Waals surface area contributed by atoms with Gasteiger partial charge in [-0.1, -0.05) is 52.7 Å². The topological polar surface area (TPSA) is 108 Å². The zero-order chi connectivity index (χ0) is 27.8. The molecule has 1 saturated heterocycles. The van der Waals surface area contributed by atoms with Crippen molar-refractivity contribution >= 4 is 29.7 Å². The minimum Gasteiger partial charge on any atom is -0.481 e. The highest BCUT2D eigenvalue weighted by Crippen LogP contribution is 2.34. The first-order chi connectivity index (χ1) is 17.7. The molecule has 1 aromatic rings. The highest BCUT2D eigenvalue weighted by Gasteiger charge is 2.31. The van der Waals surface area contributed by atoms with Crippen molar-refractivity contribution in [1.29, 1.82) is 0 Å². The summed E-state index contributed by atoms with van der Waals surface area (Å²) >= 11 is 1.81. The quantitative estimate of drug-likeness (QED) is 0.487. The van der Waals surface area contributed by atoms with Crippen LogP contribution in [0, 0.1) is 0 Å². The first-order valence-corrected chi connectivity index (χ1v) is 14.0. The van der Waals surface area contributed by atoms with Crippen LogP contribution in [0.3, 0.4) is 0 Å². The van der Waals surface area contributed by atoms with Crippen molar-refractivity contribution in [2.45, 2.75) is 66.8 Å². The Bertz CT molecular complexity index is 902. The number of carbonyl (C=O) groups is 3. The Hall–Kier alpha value is -2.88. The Kier molecular flexibility index (Phi) is 15.3. The molecule has 3 amide bonds. The molecule has 3 heterocycles. The fourth-order valence-electron chi connectivity index (χ4n) is 3.42. The number of nitrogens with one attached hydrogen (secondary N) is 1. The third kappa shape index (κ3) is 11.4. The van der Waals surface area contributed by atoms with Crippen LogP contribution in [0.1, 0.15) is 72.4 Å². The largest absolute Gasteiger partial charge is 0.481 e. The van der Waals surface area contributed by atoms with Crippen LogP contribution >= 0.6 is 11.8 Å². The van der Waals surface area contributed by atoms with Gasteiger partial charge in [0.15, 0.2) is 11.5 Å². The van der Waals surface area contributed by atoms with E-state index in [0.717, 1.165) is 30.4 Å². The van der Waals surface area contributed by atoms with E-state index in [-0.39, 0.29) is 31.3 Å². The highest BCUT2D eigenvalue weighted by molar-refractivity contribution is 8.03. The molecular formula is C27H43N3O6S. The lowest BCUT2D eigenvalue weighted by Crippen LogP contribution is -2.40. The van der Waals surface area contributed by atoms with Crippen molar-refractivity contribution in [2.24, 2.45) is 0 Å². The van der Waals surface area contributed by atoms with Gasteiger partial charge >= 0.3 is 6.03 Å². The normalized spacial score (nSPS) is 15.8. The number of hydrogen-bond donors (Lipinski definition) is 2. The molecule has 3 aliphatic heterocycles. The predicted molar refractivity (Wildman–Crippen MR) is 148 cm³/mol. The maximum atomic E-state index is 12.5. The number of fused-ring (bicyclic) bond motifs is 1. The van der Waals surface area contributed by atoms with Gasteiger partial charge in [-0.05, 0) is 31.0 Å². The molecule has 1 fully saturated rings. The summed E-state index contributed by atoms with van der Waals surface area (Å²) in [5, 5.41) is 10.4. The zero-order valence-corrected chi connectivity index (χ0v) is 23.9. The number of carbonyl (C=O) groups excluding carboxylic acids is 2. The number of nitrogens with zero attached hydrogens (tertiary/aromatic N) is 2. The van der Waals surface area contributed by atoms with Crippen LogP contribution in [-0.4, -0.2) is 71.5 Å². The maximum Gasteiger partial charge on any atom is 0.320 e. The third-order valence-electron chi connectivity index (χ3n) is 5.41. The van der Waals surface area contributed by atoms with Gasteiger partial charge in [-0.15, -0.1) is 11.8 Å². The Morgan fingerprint density at radius 2 is 1.73 bits per heavy atom. The first-order valence-electron chi connectivity index (χ1n) is 13.0. The number of benzene rings is 1. The zero-order valence-electron chi connectivity index (χ0n) is 23.0. The fraction of sp³-hybridized carbons (Fsp3) is 0.593. The number of rotatable bonds is 7. The summed E-state index contributed by atoms with van der Waals surface area (Å²) in [6, 6.07) is 5.39. The molecule has 0 bridgehead atoms. The number of ether oxygens (including phenoxy) is 2. The van der Waals surface area contributed by atoms with Gasteiger partial charge in [-0.3, -0.25) is 9.59 Å². The molecule has 1 unspecified atom stereocenters. The summed E-state index contributed by atoms with van der Waals surface area (Å²) in [5.41, 5.74) is 0.937. The summed E-state index contributed by atoms with van der Waals surface area (Å²) in [6.45, 7) is 13.6. The van der Waals surface area contributed by atoms with Crippen LogP contribution in [0.5, 0.6) is 11.5 Å². The molecular weight excluding hydrogens is 494 g/mol. The smallest absolute Gasteiger partial charge is 0.320 e. The Balaban J connectivity index is 0.000000594. The third-order valence-corrected chi connectivity index (χ3v) is 6.52. The van der Waals surface area contributed by atoms with E-state index in [4.69, 9.17) is 19.4 Å². The second kappa shape index (κ2) is 17.6. The molecule has 37 heavy (non-hydrogen) atoms. The average molecular weight is 538 g/mol. The van der Waals surface area contributed by atoms with E-state index in [1.807, 2.05) is 55.6 Å². The van der Waals surface area contributed by atoms with E-state index >= 15 is 0 Å². The molecule has 0 spiro atoms. The van der Waals surface area contributed by atoms with Gasteiger partial charge in [0, 0.05) is 30.7 Å². The second-order valence-corrected chi connectivity index (χ2v) is 9.58. The summed E-state index contributed by atoms with van der Waals surface area (Å²) in [6.07, 6.45) is 5.91. The van der Waals surface area contributed by atoms with Crippen LogP contribution in [0.25, 0.3) is 0 Å². The Morgan fingerprint density at radius 1 is 1.11 bits per heavy atom. The Morgan fingerprint density at radius 3 is 2.32 bits per heavy atom. The number of amides is 3. The monoisotopic (exact) mass is 537 g/mol. The first kappa shape index (κ1) is 32.1. The lowest BCUT2D eigenvalue weighted by atomic mass is 10.1. The molecule has 1 aromatic carbocycles. The van der Waals surface area contributed by atoms with Crippen molar-refractivity contribution < 1.29 is 29.0 Å². The molecule has 1 atom stereocenters. The van der Waals surface area contributed by atoms with Crippen LogP contribution in [-0.2, 0) is 9.59 Å². The summed E-state index contributed by atoms with van der Waals surface area (Å²) in [4.78, 5) is 38.6. The lowest BCUT2D eigenvalue weighted by molar-refractivity contribution is -0.134. The molecule has 4 rings (SSSR count). The second-order valence-electron chi connectivity index (χ2n) is 8.35. The van der Waals surface area contributed by atoms with E-state index in [2.05, 4.69) is 25.2 Å². The van der Waals surface area contributed by atoms with Gasteiger partial charge in [-0.25, -0.2) is 4.79 Å². The summed E-state index contributed by atoms with van der Waals surface area (Å²) < 4.78 is 10.7. The number of allylic oxidation sites excluding steroid dienone is 1. The van der Waals surface area contributed by atoms with Gasteiger partial charge in [0.2, 0.25) is 12.7 Å². The molecule has 3 aliphatic rings. The van der Waals surface area contributed by atoms with Crippen molar-refractivity contribution in [1.82, 2.24) is 15.1 Å².